The molecule has 1 fully saturated rings. The van der Waals surface area contributed by atoms with Crippen LogP contribution in [-0.4, -0.2) is 16.5 Å². The van der Waals surface area contributed by atoms with Crippen molar-refractivity contribution in [2.24, 2.45) is 0 Å². The van der Waals surface area contributed by atoms with Crippen LogP contribution in [-0.2, 0) is 0 Å². The van der Waals surface area contributed by atoms with E-state index in [9.17, 15) is 5.11 Å². The van der Waals surface area contributed by atoms with E-state index in [-0.39, 0.29) is 11.4 Å². The van der Waals surface area contributed by atoms with Crippen LogP contribution in [0, 0.1) is 0 Å². The molecule has 0 spiro atoms. The summed E-state index contributed by atoms with van der Waals surface area (Å²) in [6.45, 7) is 0. The van der Waals surface area contributed by atoms with Gasteiger partial charge in [0.05, 0.1) is 6.10 Å². The lowest BCUT2D eigenvalue weighted by Gasteiger charge is -2.18. The van der Waals surface area contributed by atoms with Crippen LogP contribution in [0.3, 0.4) is 0 Å². The predicted molar refractivity (Wildman–Crippen MR) is 65.0 cm³/mol. The van der Waals surface area contributed by atoms with Crippen LogP contribution in [0.1, 0.15) is 64.2 Å². The van der Waals surface area contributed by atoms with Crippen molar-refractivity contribution >= 4 is 12.6 Å². The second kappa shape index (κ2) is 7.58. The van der Waals surface area contributed by atoms with Crippen LogP contribution in [0.2, 0.25) is 0 Å². The fourth-order valence-corrected chi connectivity index (χ4v) is 2.48. The number of hydrogen-bond acceptors (Lipinski definition) is 2. The lowest BCUT2D eigenvalue weighted by Crippen LogP contribution is -2.20. The molecule has 1 rings (SSSR count). The van der Waals surface area contributed by atoms with Gasteiger partial charge in [0.1, 0.15) is 0 Å². The molecule has 0 aromatic carbocycles. The first-order valence-corrected chi connectivity index (χ1v) is 6.68. The molecule has 2 heteroatoms. The van der Waals surface area contributed by atoms with E-state index in [1.165, 1.54) is 51.4 Å². The van der Waals surface area contributed by atoms with Gasteiger partial charge in [-0.3, -0.25) is 0 Å². The van der Waals surface area contributed by atoms with Crippen molar-refractivity contribution in [3.05, 3.63) is 0 Å². The third kappa shape index (κ3) is 5.26. The van der Waals surface area contributed by atoms with E-state index < -0.39 is 0 Å². The van der Waals surface area contributed by atoms with Gasteiger partial charge in [-0.2, -0.15) is 12.6 Å². The first-order chi connectivity index (χ1) is 6.80. The van der Waals surface area contributed by atoms with Gasteiger partial charge in [-0.25, -0.2) is 0 Å². The number of aliphatic hydroxyl groups is 1. The minimum absolute atomic E-state index is 0.169. The highest BCUT2D eigenvalue weighted by atomic mass is 32.1. The van der Waals surface area contributed by atoms with Gasteiger partial charge in [-0.1, -0.05) is 51.4 Å². The quantitative estimate of drug-likeness (QED) is 0.593. The molecular weight excluding hydrogens is 192 g/mol. The third-order valence-electron chi connectivity index (χ3n) is 3.19. The van der Waals surface area contributed by atoms with Crippen LogP contribution < -0.4 is 0 Å². The number of aliphatic hydroxyl groups excluding tert-OH is 1. The third-order valence-corrected chi connectivity index (χ3v) is 3.80. The Bertz CT molecular complexity index is 122. The van der Waals surface area contributed by atoms with E-state index >= 15 is 0 Å². The van der Waals surface area contributed by atoms with Crippen molar-refractivity contribution in [2.75, 3.05) is 0 Å². The van der Waals surface area contributed by atoms with Gasteiger partial charge >= 0.3 is 0 Å². The van der Waals surface area contributed by atoms with E-state index in [1.54, 1.807) is 0 Å². The zero-order chi connectivity index (χ0) is 10.2. The molecule has 0 aromatic rings. The minimum atomic E-state index is -0.169. The molecule has 1 saturated carbocycles. The van der Waals surface area contributed by atoms with Gasteiger partial charge in [0.15, 0.2) is 0 Å². The summed E-state index contributed by atoms with van der Waals surface area (Å²) in [5.41, 5.74) is 0. The topological polar surface area (TPSA) is 20.2 Å². The summed E-state index contributed by atoms with van der Waals surface area (Å²) >= 11 is 4.47. The Morgan fingerprint density at radius 3 is 1.71 bits per heavy atom. The molecule has 14 heavy (non-hydrogen) atoms. The number of rotatable bonds is 0. The normalized spacial score (nSPS) is 33.0. The first-order valence-electron chi connectivity index (χ1n) is 6.17. The summed E-state index contributed by atoms with van der Waals surface area (Å²) in [5.74, 6) is 0. The molecule has 0 heterocycles. The van der Waals surface area contributed by atoms with Crippen LogP contribution in [0.4, 0.5) is 0 Å². The molecule has 0 aromatic heterocycles. The van der Waals surface area contributed by atoms with Gasteiger partial charge in [-0.15, -0.1) is 0 Å². The Labute approximate surface area is 93.7 Å². The van der Waals surface area contributed by atoms with Crippen LogP contribution in [0.5, 0.6) is 0 Å². The molecule has 0 aliphatic heterocycles. The molecule has 0 amide bonds. The van der Waals surface area contributed by atoms with Gasteiger partial charge in [0.2, 0.25) is 0 Å². The van der Waals surface area contributed by atoms with Gasteiger partial charge < -0.3 is 5.11 Å². The molecule has 1 aliphatic rings. The van der Waals surface area contributed by atoms with Crippen molar-refractivity contribution in [3.8, 4) is 0 Å². The maximum Gasteiger partial charge on any atom is 0.0656 e. The maximum absolute atomic E-state index is 9.79. The molecule has 1 nitrogen and oxygen atoms in total. The Hall–Kier alpha value is 0.310. The molecule has 2 unspecified atom stereocenters. The molecule has 84 valence electrons. The summed E-state index contributed by atoms with van der Waals surface area (Å²) in [7, 11) is 0. The fraction of sp³-hybridized carbons (Fsp3) is 1.00. The monoisotopic (exact) mass is 216 g/mol. The molecule has 1 aliphatic carbocycles. The first kappa shape index (κ1) is 12.4. The zero-order valence-corrected chi connectivity index (χ0v) is 10.0. The van der Waals surface area contributed by atoms with Gasteiger partial charge in [-0.05, 0) is 12.8 Å². The van der Waals surface area contributed by atoms with Crippen molar-refractivity contribution < 1.29 is 5.11 Å². The van der Waals surface area contributed by atoms with E-state index in [0.29, 0.717) is 0 Å². The largest absolute Gasteiger partial charge is 0.392 e. The van der Waals surface area contributed by atoms with Crippen LogP contribution >= 0.6 is 12.6 Å². The van der Waals surface area contributed by atoms with E-state index in [4.69, 9.17) is 0 Å². The molecular formula is C12H24OS. The van der Waals surface area contributed by atoms with Gasteiger partial charge in [0.25, 0.3) is 0 Å². The number of thiol groups is 1. The molecule has 0 bridgehead atoms. The smallest absolute Gasteiger partial charge is 0.0656 e. The van der Waals surface area contributed by atoms with Crippen LogP contribution in [0.25, 0.3) is 0 Å². The average molecular weight is 216 g/mol. The molecule has 2 atom stereocenters. The fourth-order valence-electron chi connectivity index (χ4n) is 2.15. The maximum atomic E-state index is 9.79. The summed E-state index contributed by atoms with van der Waals surface area (Å²) in [6.07, 6.45) is 12.4. The van der Waals surface area contributed by atoms with E-state index in [0.717, 1.165) is 12.8 Å². The minimum Gasteiger partial charge on any atom is -0.392 e. The summed E-state index contributed by atoms with van der Waals surface area (Å²) in [4.78, 5) is 0. The highest BCUT2D eigenvalue weighted by Crippen LogP contribution is 2.20. The summed E-state index contributed by atoms with van der Waals surface area (Å²) in [5, 5.41) is 10.0. The predicted octanol–water partition coefficient (Wildman–Crippen LogP) is 3.56. The number of hydrogen-bond donors (Lipinski definition) is 2. The highest BCUT2D eigenvalue weighted by Gasteiger charge is 2.14. The molecule has 1 N–H and O–H groups in total. The van der Waals surface area contributed by atoms with Crippen LogP contribution in [0.15, 0.2) is 0 Å². The second-order valence-electron chi connectivity index (χ2n) is 4.54. The lowest BCUT2D eigenvalue weighted by molar-refractivity contribution is 0.153. The Morgan fingerprint density at radius 1 is 0.714 bits per heavy atom. The van der Waals surface area contributed by atoms with Gasteiger partial charge in [0, 0.05) is 5.25 Å². The van der Waals surface area contributed by atoms with E-state index in [1.807, 2.05) is 0 Å². The SMILES string of the molecule is OC1CCCCCCCCCCC1S. The van der Waals surface area contributed by atoms with Crippen molar-refractivity contribution in [3.63, 3.8) is 0 Å². The second-order valence-corrected chi connectivity index (χ2v) is 5.20. The molecule has 0 saturated heterocycles. The van der Waals surface area contributed by atoms with Crippen molar-refractivity contribution in [1.29, 1.82) is 0 Å². The molecule has 0 radical (unpaired) electrons. The average Bonchev–Trinajstić information content (AvgIpc) is 2.18. The highest BCUT2D eigenvalue weighted by molar-refractivity contribution is 7.81. The standard InChI is InChI=1S/C12H24OS/c13-11-9-7-5-3-1-2-4-6-8-10-12(11)14/h11-14H,1-10H2. The summed E-state index contributed by atoms with van der Waals surface area (Å²) in [6, 6.07) is 0. The lowest BCUT2D eigenvalue weighted by atomic mass is 9.99. The van der Waals surface area contributed by atoms with Crippen molar-refractivity contribution in [2.45, 2.75) is 75.6 Å². The Kier molecular flexibility index (Phi) is 6.70. The Balaban J connectivity index is 2.23. The zero-order valence-electron chi connectivity index (χ0n) is 9.12. The van der Waals surface area contributed by atoms with E-state index in [2.05, 4.69) is 12.6 Å². The summed E-state index contributed by atoms with van der Waals surface area (Å²) < 4.78 is 0. The Morgan fingerprint density at radius 2 is 1.14 bits per heavy atom. The van der Waals surface area contributed by atoms with Crippen molar-refractivity contribution in [1.82, 2.24) is 0 Å².